The van der Waals surface area contributed by atoms with Gasteiger partial charge in [0.2, 0.25) is 31.2 Å². The summed E-state index contributed by atoms with van der Waals surface area (Å²) in [6.07, 6.45) is 5.31. The first kappa shape index (κ1) is 21.2. The Hall–Kier alpha value is -3.69. The lowest BCUT2D eigenvalue weighted by Crippen LogP contribution is -2.08. The monoisotopic (exact) mass is 477 g/mol. The molecular weight excluding hydrogens is 462 g/mol. The maximum absolute atomic E-state index is 13.1. The molecule has 0 bridgehead atoms. The van der Waals surface area contributed by atoms with Crippen LogP contribution in [0.3, 0.4) is 0 Å². The smallest absolute Gasteiger partial charge is 0.210 e. The fraction of sp³-hybridized carbons (Fsp3) is 0.0417. The van der Waals surface area contributed by atoms with Crippen LogP contribution in [0.2, 0.25) is 0 Å². The topological polar surface area (TPSA) is 115 Å². The van der Waals surface area contributed by atoms with Gasteiger partial charge in [0.1, 0.15) is 9.81 Å². The van der Waals surface area contributed by atoms with Crippen molar-refractivity contribution in [1.29, 1.82) is 0 Å². The molecule has 0 aliphatic carbocycles. The highest BCUT2D eigenvalue weighted by atomic mass is 32.2. The Morgan fingerprint density at radius 2 is 1.06 bits per heavy atom. The van der Waals surface area contributed by atoms with Crippen LogP contribution in [-0.4, -0.2) is 33.4 Å². The van der Waals surface area contributed by atoms with Gasteiger partial charge in [0.05, 0.1) is 9.79 Å². The van der Waals surface area contributed by atoms with E-state index in [2.05, 4.69) is 4.98 Å². The largest absolute Gasteiger partial charge is 0.288 e. The Morgan fingerprint density at radius 3 is 1.48 bits per heavy atom. The maximum Gasteiger partial charge on any atom is 0.210 e. The molecule has 0 amide bonds. The average Bonchev–Trinajstić information content (AvgIpc) is 3.13. The van der Waals surface area contributed by atoms with Crippen LogP contribution >= 0.6 is 0 Å². The number of pyridine rings is 1. The number of carbonyl (C=O) groups is 2. The molecule has 5 rings (SSSR count). The second-order valence-corrected chi connectivity index (χ2v) is 11.3. The summed E-state index contributed by atoms with van der Waals surface area (Å²) in [6.45, 7) is 0. The van der Waals surface area contributed by atoms with E-state index in [1.165, 1.54) is 60.9 Å². The number of aromatic nitrogens is 1. The van der Waals surface area contributed by atoms with Crippen molar-refractivity contribution in [3.63, 3.8) is 0 Å². The number of fused-ring (bicyclic) bond motifs is 2. The molecule has 9 heteroatoms. The first-order valence-electron chi connectivity index (χ1n) is 9.84. The summed E-state index contributed by atoms with van der Waals surface area (Å²) < 4.78 is 52.2. The van der Waals surface area contributed by atoms with Gasteiger partial charge < -0.3 is 0 Å². The molecule has 0 fully saturated rings. The lowest BCUT2D eigenvalue weighted by Gasteiger charge is -2.11. The Morgan fingerprint density at radius 1 is 0.636 bits per heavy atom. The minimum atomic E-state index is -4.10. The quantitative estimate of drug-likeness (QED) is 0.532. The summed E-state index contributed by atoms with van der Waals surface area (Å²) in [4.78, 5) is 28.7. The molecule has 3 aromatic rings. The van der Waals surface area contributed by atoms with Gasteiger partial charge in [0.25, 0.3) is 0 Å². The molecule has 2 aliphatic heterocycles. The third kappa shape index (κ3) is 3.20. The number of Topliss-reactive ketones (excluding diaryl/α,β-unsaturated/α-hetero) is 2. The number of allylic oxidation sites excluding steroid dienone is 4. The van der Waals surface area contributed by atoms with Gasteiger partial charge in [-0.2, -0.15) is 0 Å². The number of rotatable bonds is 3. The molecule has 0 saturated carbocycles. The second kappa shape index (κ2) is 7.43. The minimum absolute atomic E-state index is 0.0573. The molecule has 1 aromatic heterocycles. The van der Waals surface area contributed by atoms with Crippen LogP contribution in [-0.2, 0) is 19.7 Å². The van der Waals surface area contributed by atoms with Crippen LogP contribution in [0.4, 0.5) is 0 Å². The number of sulfone groups is 2. The van der Waals surface area contributed by atoms with Crippen molar-refractivity contribution in [3.8, 4) is 0 Å². The van der Waals surface area contributed by atoms with Crippen molar-refractivity contribution in [2.24, 2.45) is 0 Å². The van der Waals surface area contributed by atoms with Crippen LogP contribution in [0, 0.1) is 0 Å². The summed E-state index contributed by atoms with van der Waals surface area (Å²) >= 11 is 0. The molecule has 0 radical (unpaired) electrons. The van der Waals surface area contributed by atoms with Gasteiger partial charge in [-0.15, -0.1) is 0 Å². The Balaban J connectivity index is 1.71. The van der Waals surface area contributed by atoms with Crippen molar-refractivity contribution in [2.45, 2.75) is 15.7 Å². The molecule has 2 aromatic carbocycles. The Labute approximate surface area is 190 Å². The fourth-order valence-electron chi connectivity index (χ4n) is 4.01. The molecule has 3 heterocycles. The van der Waals surface area contributed by atoms with E-state index in [9.17, 15) is 26.4 Å². The van der Waals surface area contributed by atoms with Gasteiger partial charge in [-0.1, -0.05) is 36.4 Å². The summed E-state index contributed by atoms with van der Waals surface area (Å²) in [5.41, 5.74) is 0.589. The van der Waals surface area contributed by atoms with E-state index < -0.39 is 47.0 Å². The van der Waals surface area contributed by atoms with Crippen LogP contribution < -0.4 is 0 Å². The molecule has 0 atom stereocenters. The molecular formula is C24H15NO6S2. The molecule has 0 N–H and O–H groups in total. The summed E-state index contributed by atoms with van der Waals surface area (Å²) in [5.74, 6) is -2.34. The van der Waals surface area contributed by atoms with E-state index >= 15 is 0 Å². The van der Waals surface area contributed by atoms with E-state index in [-0.39, 0.29) is 20.9 Å². The molecule has 2 aliphatic rings. The third-order valence-electron chi connectivity index (χ3n) is 5.62. The fourth-order valence-corrected chi connectivity index (χ4v) is 7.26. The van der Waals surface area contributed by atoms with E-state index in [0.717, 1.165) is 0 Å². The van der Waals surface area contributed by atoms with Gasteiger partial charge in [-0.25, -0.2) is 16.8 Å². The van der Waals surface area contributed by atoms with Gasteiger partial charge in [0, 0.05) is 29.4 Å². The number of ketones is 2. The number of hydrogen-bond acceptors (Lipinski definition) is 7. The van der Waals surface area contributed by atoms with E-state index in [1.807, 2.05) is 0 Å². The third-order valence-corrected chi connectivity index (χ3v) is 9.29. The van der Waals surface area contributed by atoms with E-state index in [4.69, 9.17) is 0 Å². The molecule has 0 saturated heterocycles. The first-order chi connectivity index (χ1) is 15.7. The second-order valence-electron chi connectivity index (χ2n) is 7.53. The molecule has 0 spiro atoms. The number of nitrogens with zero attached hydrogens (tertiary/aromatic N) is 1. The summed E-state index contributed by atoms with van der Waals surface area (Å²) in [6, 6.07) is 14.9. The van der Waals surface area contributed by atoms with Crippen molar-refractivity contribution in [1.82, 2.24) is 4.98 Å². The van der Waals surface area contributed by atoms with Crippen LogP contribution in [0.15, 0.2) is 105 Å². The lowest BCUT2D eigenvalue weighted by atomic mass is 9.97. The zero-order valence-corrected chi connectivity index (χ0v) is 18.5. The van der Waals surface area contributed by atoms with Crippen LogP contribution in [0.5, 0.6) is 0 Å². The van der Waals surface area contributed by atoms with Gasteiger partial charge in [-0.05, 0) is 42.0 Å². The van der Waals surface area contributed by atoms with Gasteiger partial charge in [-0.3, -0.25) is 14.6 Å². The molecule has 33 heavy (non-hydrogen) atoms. The van der Waals surface area contributed by atoms with Gasteiger partial charge >= 0.3 is 0 Å². The highest BCUT2D eigenvalue weighted by molar-refractivity contribution is 7.97. The zero-order valence-electron chi connectivity index (χ0n) is 16.9. The summed E-state index contributed by atoms with van der Waals surface area (Å²) in [5, 5.41) is 0. The first-order valence-corrected chi connectivity index (χ1v) is 12.8. The van der Waals surface area contributed by atoms with Crippen LogP contribution in [0.25, 0.3) is 0 Å². The number of benzene rings is 2. The van der Waals surface area contributed by atoms with Crippen molar-refractivity contribution < 1.29 is 26.4 Å². The highest BCUT2D eigenvalue weighted by Gasteiger charge is 2.41. The predicted octanol–water partition coefficient (Wildman–Crippen LogP) is 3.27. The van der Waals surface area contributed by atoms with Crippen molar-refractivity contribution >= 4 is 31.2 Å². The minimum Gasteiger partial charge on any atom is -0.288 e. The summed E-state index contributed by atoms with van der Waals surface area (Å²) in [7, 11) is -8.19. The Bertz CT molecular complexity index is 1510. The predicted molar refractivity (Wildman–Crippen MR) is 119 cm³/mol. The van der Waals surface area contributed by atoms with Crippen molar-refractivity contribution in [3.05, 3.63) is 112 Å². The van der Waals surface area contributed by atoms with Gasteiger partial charge in [0.15, 0.2) is 0 Å². The SMILES string of the molecule is O=C1C(=CC(C=C2C(=O)c3ccccc3S2(=O)=O)c2ccncc2)S(=O)(=O)c2ccccc21. The van der Waals surface area contributed by atoms with Crippen LogP contribution in [0.1, 0.15) is 32.2 Å². The zero-order chi connectivity index (χ0) is 23.4. The standard InChI is InChI=1S/C24H15NO6S2/c26-23-17-5-1-3-7-19(17)32(28,29)21(23)13-16(15-9-11-25-12-10-15)14-22-24(27)18-6-2-4-8-20(18)33(22,30)31/h1-14,16H. The highest BCUT2D eigenvalue weighted by Crippen LogP contribution is 2.39. The number of carbonyl (C=O) groups excluding carboxylic acids is 2. The van der Waals surface area contributed by atoms with E-state index in [1.54, 1.807) is 24.3 Å². The number of hydrogen-bond donors (Lipinski definition) is 0. The maximum atomic E-state index is 13.1. The molecule has 0 unspecified atom stereocenters. The molecule has 164 valence electrons. The van der Waals surface area contributed by atoms with Crippen molar-refractivity contribution in [2.75, 3.05) is 0 Å². The lowest BCUT2D eigenvalue weighted by molar-refractivity contribution is 0.103. The van der Waals surface area contributed by atoms with E-state index in [0.29, 0.717) is 5.56 Å². The Kier molecular flexibility index (Phi) is 4.77. The molecule has 7 nitrogen and oxygen atoms in total. The average molecular weight is 478 g/mol. The normalized spacial score (nSPS) is 21.2.